The summed E-state index contributed by atoms with van der Waals surface area (Å²) < 4.78 is 11.9. The van der Waals surface area contributed by atoms with Gasteiger partial charge in [-0.3, -0.25) is 4.79 Å². The average molecular weight is 615 g/mol. The van der Waals surface area contributed by atoms with Gasteiger partial charge in [0.25, 0.3) is 5.91 Å². The molecule has 2 amide bonds. The van der Waals surface area contributed by atoms with Gasteiger partial charge < -0.3 is 24.2 Å². The molecule has 4 rings (SSSR count). The maximum Gasteiger partial charge on any atom is 0.409 e. The van der Waals surface area contributed by atoms with E-state index in [0.29, 0.717) is 49.9 Å². The van der Waals surface area contributed by atoms with Gasteiger partial charge >= 0.3 is 6.09 Å². The van der Waals surface area contributed by atoms with E-state index in [4.69, 9.17) is 21.1 Å². The van der Waals surface area contributed by atoms with Gasteiger partial charge in [0.15, 0.2) is 0 Å². The molecule has 0 spiro atoms. The number of hydrogen-bond donors (Lipinski definition) is 0. The number of benzene rings is 1. The van der Waals surface area contributed by atoms with Crippen LogP contribution in [0, 0.1) is 0 Å². The fourth-order valence-corrected chi connectivity index (χ4v) is 6.12. The molecule has 1 aliphatic rings. The highest BCUT2D eigenvalue weighted by Gasteiger charge is 2.26. The summed E-state index contributed by atoms with van der Waals surface area (Å²) in [4.78, 5) is 36.5. The number of aromatic nitrogens is 1. The van der Waals surface area contributed by atoms with Crippen LogP contribution in [-0.4, -0.2) is 75.2 Å². The Kier molecular flexibility index (Phi) is 10.3. The highest BCUT2D eigenvalue weighted by atomic mass is 35.5. The lowest BCUT2D eigenvalue weighted by Crippen LogP contribution is -2.33. The number of rotatable bonds is 11. The minimum atomic E-state index is -1.26. The van der Waals surface area contributed by atoms with Crippen LogP contribution >= 0.6 is 22.9 Å². The number of carbonyl (C=O) groups excluding carboxylic acids is 2. The molecule has 1 unspecified atom stereocenters. The van der Waals surface area contributed by atoms with Gasteiger partial charge in [0, 0.05) is 65.8 Å². The zero-order valence-electron chi connectivity index (χ0n) is 24.4. The molecule has 0 N–H and O–H groups in total. The highest BCUT2D eigenvalue weighted by Crippen LogP contribution is 2.30. The van der Waals surface area contributed by atoms with Crippen LogP contribution in [0.3, 0.4) is 0 Å². The number of halogens is 1. The van der Waals surface area contributed by atoms with Crippen LogP contribution in [0.15, 0.2) is 54.0 Å². The van der Waals surface area contributed by atoms with Gasteiger partial charge in [0.05, 0.1) is 17.9 Å². The van der Waals surface area contributed by atoms with Gasteiger partial charge in [-0.05, 0) is 41.3 Å². The molecule has 11 heteroatoms. The Hall–Kier alpha value is -3.08. The molecule has 2 aromatic heterocycles. The van der Waals surface area contributed by atoms with Crippen molar-refractivity contribution in [2.75, 3.05) is 45.2 Å². The van der Waals surface area contributed by atoms with Crippen molar-refractivity contribution in [2.24, 2.45) is 0 Å². The Labute approximate surface area is 252 Å². The number of carbonyl (C=O) groups is 2. The van der Waals surface area contributed by atoms with E-state index >= 15 is 0 Å². The average Bonchev–Trinajstić information content (AvgIpc) is 3.44. The molecule has 8 nitrogen and oxygen atoms in total. The summed E-state index contributed by atoms with van der Waals surface area (Å²) in [5.74, 6) is 0.674. The molecular weight excluding hydrogens is 576 g/mol. The van der Waals surface area contributed by atoms with Crippen LogP contribution in [0.4, 0.5) is 10.5 Å². The third-order valence-electron chi connectivity index (χ3n) is 7.03. The number of anilines is 1. The van der Waals surface area contributed by atoms with E-state index in [1.54, 1.807) is 35.5 Å². The second-order valence-electron chi connectivity index (χ2n) is 11.6. The lowest BCUT2D eigenvalue weighted by molar-refractivity contribution is 0.0754. The number of hydrogen-bond acceptors (Lipinski definition) is 7. The predicted molar refractivity (Wildman–Crippen MR) is 168 cm³/mol. The van der Waals surface area contributed by atoms with Crippen LogP contribution in [-0.2, 0) is 11.3 Å². The maximum absolute atomic E-state index is 13.3. The number of pyridine rings is 1. The van der Waals surface area contributed by atoms with Gasteiger partial charge in [0.1, 0.15) is 17.0 Å². The quantitative estimate of drug-likeness (QED) is 0.175. The van der Waals surface area contributed by atoms with Crippen molar-refractivity contribution in [3.8, 4) is 5.75 Å². The van der Waals surface area contributed by atoms with Crippen LogP contribution in [0.2, 0.25) is 30.8 Å². The third kappa shape index (κ3) is 8.70. The van der Waals surface area contributed by atoms with Crippen molar-refractivity contribution >= 4 is 48.7 Å². The first-order valence-corrected chi connectivity index (χ1v) is 18.8. The van der Waals surface area contributed by atoms with E-state index in [0.717, 1.165) is 27.9 Å². The molecule has 0 saturated heterocycles. The van der Waals surface area contributed by atoms with Crippen LogP contribution in [0.5, 0.6) is 5.75 Å². The van der Waals surface area contributed by atoms with Crippen LogP contribution in [0.1, 0.15) is 33.3 Å². The van der Waals surface area contributed by atoms with Crippen molar-refractivity contribution in [3.05, 3.63) is 75.2 Å². The zero-order valence-corrected chi connectivity index (χ0v) is 27.0. The first-order valence-electron chi connectivity index (χ1n) is 13.8. The number of likely N-dealkylation sites (N-methyl/N-ethyl adjacent to an activating group) is 1. The summed E-state index contributed by atoms with van der Waals surface area (Å²) in [7, 11) is 2.46. The number of fused-ring (bicyclic) bond motifs is 1. The third-order valence-corrected chi connectivity index (χ3v) is 9.91. The van der Waals surface area contributed by atoms with Crippen LogP contribution in [0.25, 0.3) is 0 Å². The monoisotopic (exact) mass is 614 g/mol. The molecule has 0 radical (unpaired) electrons. The van der Waals surface area contributed by atoms with Gasteiger partial charge in [-0.2, -0.15) is 0 Å². The standard InChI is InChI=1S/C30H39ClN4O4SSi/c1-33-14-15-35(29(36)24-20-32-28(31)19-25(24)33)21-22-8-10-23(11-9-22)39-26(27-7-6-17-40-27)12-13-34(2)30(37)38-16-18-41(3,4)5/h6-11,17,19-20,26H,12-16,18,21H2,1-5H3. The van der Waals surface area contributed by atoms with Gasteiger partial charge in [-0.15, -0.1) is 11.3 Å². The second-order valence-corrected chi connectivity index (χ2v) is 18.6. The maximum atomic E-state index is 13.3. The molecule has 3 aromatic rings. The molecule has 1 aromatic carbocycles. The first kappa shape index (κ1) is 30.9. The van der Waals surface area contributed by atoms with E-state index in [9.17, 15) is 9.59 Å². The molecule has 1 atom stereocenters. The topological polar surface area (TPSA) is 75.2 Å². The summed E-state index contributed by atoms with van der Waals surface area (Å²) in [6.07, 6.45) is 1.70. The molecule has 0 saturated carbocycles. The highest BCUT2D eigenvalue weighted by molar-refractivity contribution is 7.10. The first-order chi connectivity index (χ1) is 19.5. The Morgan fingerprint density at radius 2 is 1.95 bits per heavy atom. The molecule has 1 aliphatic heterocycles. The van der Waals surface area contributed by atoms with Crippen molar-refractivity contribution in [3.63, 3.8) is 0 Å². The van der Waals surface area contributed by atoms with E-state index in [-0.39, 0.29) is 18.1 Å². The van der Waals surface area contributed by atoms with E-state index in [1.807, 2.05) is 52.6 Å². The normalized spacial score (nSPS) is 14.3. The van der Waals surface area contributed by atoms with Gasteiger partial charge in [-0.25, -0.2) is 9.78 Å². The molecular formula is C30H39ClN4O4SSi. The predicted octanol–water partition coefficient (Wildman–Crippen LogP) is 6.81. The SMILES string of the molecule is CN(CCC(Oc1ccc(CN2CCN(C)c3cc(Cl)ncc3C2=O)cc1)c1cccs1)C(=O)OCC[Si](C)(C)C. The lowest BCUT2D eigenvalue weighted by atomic mass is 10.1. The van der Waals surface area contributed by atoms with Crippen molar-refractivity contribution in [1.82, 2.24) is 14.8 Å². The summed E-state index contributed by atoms with van der Waals surface area (Å²) >= 11 is 7.71. The number of ether oxygens (including phenoxy) is 2. The Morgan fingerprint density at radius 3 is 2.63 bits per heavy atom. The minimum Gasteiger partial charge on any atom is -0.485 e. The summed E-state index contributed by atoms with van der Waals surface area (Å²) in [6.45, 7) is 9.54. The van der Waals surface area contributed by atoms with Gasteiger partial charge in [0.2, 0.25) is 0 Å². The number of thiophene rings is 1. The fourth-order valence-electron chi connectivity index (χ4n) is 4.46. The Balaban J connectivity index is 1.36. The van der Waals surface area contributed by atoms with E-state index in [1.165, 1.54) is 0 Å². The molecule has 41 heavy (non-hydrogen) atoms. The Bertz CT molecular complexity index is 1320. The lowest BCUT2D eigenvalue weighted by Gasteiger charge is -2.23. The van der Waals surface area contributed by atoms with E-state index in [2.05, 4.69) is 30.7 Å². The van der Waals surface area contributed by atoms with Crippen molar-refractivity contribution in [2.45, 2.75) is 44.8 Å². The van der Waals surface area contributed by atoms with Gasteiger partial charge in [-0.1, -0.05) is 49.4 Å². The minimum absolute atomic E-state index is 0.0604. The smallest absolute Gasteiger partial charge is 0.409 e. The molecule has 0 bridgehead atoms. The Morgan fingerprint density at radius 1 is 1.20 bits per heavy atom. The van der Waals surface area contributed by atoms with Crippen molar-refractivity contribution < 1.29 is 19.1 Å². The molecule has 0 fully saturated rings. The zero-order chi connectivity index (χ0) is 29.6. The molecule has 3 heterocycles. The number of nitrogens with zero attached hydrogens (tertiary/aromatic N) is 4. The largest absolute Gasteiger partial charge is 0.485 e. The van der Waals surface area contributed by atoms with Crippen molar-refractivity contribution in [1.29, 1.82) is 0 Å². The second kappa shape index (κ2) is 13.7. The molecule has 0 aliphatic carbocycles. The summed E-state index contributed by atoms with van der Waals surface area (Å²) in [5, 5.41) is 2.40. The van der Waals surface area contributed by atoms with Crippen LogP contribution < -0.4 is 9.64 Å². The fraction of sp³-hybridized carbons (Fsp3) is 0.433. The van der Waals surface area contributed by atoms with E-state index < -0.39 is 8.07 Å². The molecule has 220 valence electrons. The summed E-state index contributed by atoms with van der Waals surface area (Å²) in [6, 6.07) is 14.6. The number of amides is 2. The summed E-state index contributed by atoms with van der Waals surface area (Å²) in [5.41, 5.74) is 2.36.